The highest BCUT2D eigenvalue weighted by Crippen LogP contribution is 2.17. The van der Waals surface area contributed by atoms with E-state index in [4.69, 9.17) is 14.2 Å². The van der Waals surface area contributed by atoms with Crippen LogP contribution in [0, 0.1) is 0 Å². The summed E-state index contributed by atoms with van der Waals surface area (Å²) in [6, 6.07) is 7.81. The molecule has 5 heteroatoms. The van der Waals surface area contributed by atoms with E-state index in [9.17, 15) is 4.79 Å². The van der Waals surface area contributed by atoms with Crippen molar-refractivity contribution in [2.75, 3.05) is 33.5 Å². The molecular formula is C16H23NO4. The SMILES string of the molecule is COc1ccccc1CCNC(=O)COCC1CCCO1. The molecule has 0 saturated carbocycles. The Morgan fingerprint density at radius 3 is 3.05 bits per heavy atom. The number of nitrogens with one attached hydrogen (secondary N) is 1. The summed E-state index contributed by atoms with van der Waals surface area (Å²) in [4.78, 5) is 11.7. The van der Waals surface area contributed by atoms with E-state index in [1.54, 1.807) is 7.11 Å². The van der Waals surface area contributed by atoms with E-state index < -0.39 is 0 Å². The van der Waals surface area contributed by atoms with Gasteiger partial charge in [0.1, 0.15) is 12.4 Å². The van der Waals surface area contributed by atoms with Gasteiger partial charge in [-0.2, -0.15) is 0 Å². The van der Waals surface area contributed by atoms with Crippen LogP contribution >= 0.6 is 0 Å². The van der Waals surface area contributed by atoms with Gasteiger partial charge in [0.2, 0.25) is 5.91 Å². The summed E-state index contributed by atoms with van der Waals surface area (Å²) in [5.41, 5.74) is 1.08. The Kier molecular flexibility index (Phi) is 6.50. The second-order valence-electron chi connectivity index (χ2n) is 5.06. The number of carbonyl (C=O) groups is 1. The molecule has 1 N–H and O–H groups in total. The van der Waals surface area contributed by atoms with Crippen molar-refractivity contribution in [2.24, 2.45) is 0 Å². The smallest absolute Gasteiger partial charge is 0.246 e. The maximum atomic E-state index is 11.7. The van der Waals surface area contributed by atoms with Gasteiger partial charge in [-0.15, -0.1) is 0 Å². The first-order valence-corrected chi connectivity index (χ1v) is 7.37. The lowest BCUT2D eigenvalue weighted by atomic mass is 10.1. The molecule has 1 fully saturated rings. The van der Waals surface area contributed by atoms with Crippen LogP contribution in [0.3, 0.4) is 0 Å². The van der Waals surface area contributed by atoms with Crippen LogP contribution in [0.4, 0.5) is 0 Å². The summed E-state index contributed by atoms with van der Waals surface area (Å²) in [6.07, 6.45) is 3.00. The average Bonchev–Trinajstić information content (AvgIpc) is 3.01. The normalized spacial score (nSPS) is 17.7. The first-order valence-electron chi connectivity index (χ1n) is 7.37. The molecule has 1 unspecified atom stereocenters. The monoisotopic (exact) mass is 293 g/mol. The fourth-order valence-corrected chi connectivity index (χ4v) is 2.36. The van der Waals surface area contributed by atoms with E-state index in [1.807, 2.05) is 24.3 Å². The van der Waals surface area contributed by atoms with Crippen molar-refractivity contribution in [1.29, 1.82) is 0 Å². The van der Waals surface area contributed by atoms with Crippen molar-refractivity contribution in [2.45, 2.75) is 25.4 Å². The van der Waals surface area contributed by atoms with Crippen LogP contribution in [0.15, 0.2) is 24.3 Å². The summed E-state index contributed by atoms with van der Waals surface area (Å²) >= 11 is 0. The molecule has 0 radical (unpaired) electrons. The Hall–Kier alpha value is -1.59. The number of amides is 1. The topological polar surface area (TPSA) is 56.8 Å². The minimum Gasteiger partial charge on any atom is -0.496 e. The van der Waals surface area contributed by atoms with Crippen molar-refractivity contribution in [3.63, 3.8) is 0 Å². The van der Waals surface area contributed by atoms with Gasteiger partial charge in [0.25, 0.3) is 0 Å². The Balaban J connectivity index is 1.60. The van der Waals surface area contributed by atoms with E-state index in [2.05, 4.69) is 5.32 Å². The molecule has 0 spiro atoms. The molecular weight excluding hydrogens is 270 g/mol. The highest BCUT2D eigenvalue weighted by atomic mass is 16.5. The van der Waals surface area contributed by atoms with Gasteiger partial charge in [-0.25, -0.2) is 0 Å². The van der Waals surface area contributed by atoms with E-state index in [0.29, 0.717) is 13.2 Å². The molecule has 5 nitrogen and oxygen atoms in total. The van der Waals surface area contributed by atoms with E-state index >= 15 is 0 Å². The second-order valence-corrected chi connectivity index (χ2v) is 5.06. The molecule has 1 amide bonds. The van der Waals surface area contributed by atoms with Gasteiger partial charge in [-0.3, -0.25) is 4.79 Å². The zero-order valence-electron chi connectivity index (χ0n) is 12.5. The van der Waals surface area contributed by atoms with Crippen LogP contribution in [0.25, 0.3) is 0 Å². The lowest BCUT2D eigenvalue weighted by Gasteiger charge is -2.11. The molecule has 0 aromatic heterocycles. The maximum Gasteiger partial charge on any atom is 0.246 e. The number of para-hydroxylation sites is 1. The van der Waals surface area contributed by atoms with Crippen LogP contribution in [0.2, 0.25) is 0 Å². The second kappa shape index (κ2) is 8.64. The largest absolute Gasteiger partial charge is 0.496 e. The van der Waals surface area contributed by atoms with Gasteiger partial charge in [0.15, 0.2) is 0 Å². The lowest BCUT2D eigenvalue weighted by Crippen LogP contribution is -2.30. The highest BCUT2D eigenvalue weighted by molar-refractivity contribution is 5.77. The van der Waals surface area contributed by atoms with Gasteiger partial charge in [0.05, 0.1) is 19.8 Å². The first-order chi connectivity index (χ1) is 10.3. The number of rotatable bonds is 8. The van der Waals surface area contributed by atoms with E-state index in [0.717, 1.165) is 37.2 Å². The van der Waals surface area contributed by atoms with Crippen LogP contribution in [-0.4, -0.2) is 45.5 Å². The summed E-state index contributed by atoms with van der Waals surface area (Å²) in [5.74, 6) is 0.754. The Bertz CT molecular complexity index is 444. The van der Waals surface area contributed by atoms with Crippen LogP contribution in [0.5, 0.6) is 5.75 Å². The Morgan fingerprint density at radius 1 is 1.43 bits per heavy atom. The standard InChI is InChI=1S/C16H23NO4/c1-19-15-7-3-2-5-13(15)8-9-17-16(18)12-20-11-14-6-4-10-21-14/h2-3,5,7,14H,4,6,8-12H2,1H3,(H,17,18). The average molecular weight is 293 g/mol. The molecule has 1 heterocycles. The van der Waals surface area contributed by atoms with Crippen molar-refractivity contribution in [3.05, 3.63) is 29.8 Å². The summed E-state index contributed by atoms with van der Waals surface area (Å²) < 4.78 is 16.1. The van der Waals surface area contributed by atoms with Gasteiger partial charge in [0, 0.05) is 13.2 Å². The number of carbonyl (C=O) groups excluding carboxylic acids is 1. The fraction of sp³-hybridized carbons (Fsp3) is 0.562. The zero-order valence-corrected chi connectivity index (χ0v) is 12.5. The van der Waals surface area contributed by atoms with Crippen molar-refractivity contribution in [3.8, 4) is 5.75 Å². The zero-order chi connectivity index (χ0) is 14.9. The Labute approximate surface area is 125 Å². The van der Waals surface area contributed by atoms with E-state index in [1.165, 1.54) is 0 Å². The molecule has 116 valence electrons. The predicted octanol–water partition coefficient (Wildman–Crippen LogP) is 1.55. The first kappa shape index (κ1) is 15.8. The third-order valence-corrected chi connectivity index (χ3v) is 3.47. The van der Waals surface area contributed by atoms with Gasteiger partial charge >= 0.3 is 0 Å². The number of methoxy groups -OCH3 is 1. The molecule has 21 heavy (non-hydrogen) atoms. The maximum absolute atomic E-state index is 11.7. The highest BCUT2D eigenvalue weighted by Gasteiger charge is 2.15. The lowest BCUT2D eigenvalue weighted by molar-refractivity contribution is -0.126. The van der Waals surface area contributed by atoms with Crippen LogP contribution in [-0.2, 0) is 20.7 Å². The molecule has 1 aliphatic rings. The van der Waals surface area contributed by atoms with Crippen molar-refractivity contribution >= 4 is 5.91 Å². The van der Waals surface area contributed by atoms with E-state index in [-0.39, 0.29) is 18.6 Å². The molecule has 1 atom stereocenters. The molecule has 1 saturated heterocycles. The molecule has 0 bridgehead atoms. The Morgan fingerprint density at radius 2 is 2.29 bits per heavy atom. The number of hydrogen-bond donors (Lipinski definition) is 1. The molecule has 1 aromatic rings. The van der Waals surface area contributed by atoms with Crippen LogP contribution < -0.4 is 10.1 Å². The van der Waals surface area contributed by atoms with Crippen molar-refractivity contribution in [1.82, 2.24) is 5.32 Å². The quantitative estimate of drug-likeness (QED) is 0.790. The third kappa shape index (κ3) is 5.36. The summed E-state index contributed by atoms with van der Waals surface area (Å²) in [7, 11) is 1.65. The van der Waals surface area contributed by atoms with Crippen LogP contribution in [0.1, 0.15) is 18.4 Å². The minimum atomic E-state index is -0.0945. The summed E-state index contributed by atoms with van der Waals surface area (Å²) in [6.45, 7) is 1.97. The number of benzene rings is 1. The number of hydrogen-bond acceptors (Lipinski definition) is 4. The molecule has 0 aliphatic carbocycles. The number of ether oxygens (including phenoxy) is 3. The minimum absolute atomic E-state index is 0.0891. The van der Waals surface area contributed by atoms with Gasteiger partial charge in [-0.05, 0) is 30.9 Å². The third-order valence-electron chi connectivity index (χ3n) is 3.47. The van der Waals surface area contributed by atoms with Gasteiger partial charge < -0.3 is 19.5 Å². The summed E-state index contributed by atoms with van der Waals surface area (Å²) in [5, 5.41) is 2.85. The van der Waals surface area contributed by atoms with Gasteiger partial charge in [-0.1, -0.05) is 18.2 Å². The molecule has 1 aliphatic heterocycles. The molecule has 2 rings (SSSR count). The fourth-order valence-electron chi connectivity index (χ4n) is 2.36. The molecule has 1 aromatic carbocycles. The van der Waals surface area contributed by atoms with Crippen molar-refractivity contribution < 1.29 is 19.0 Å². The predicted molar refractivity (Wildman–Crippen MR) is 79.5 cm³/mol.